The first kappa shape index (κ1) is 17.0. The summed E-state index contributed by atoms with van der Waals surface area (Å²) in [6.07, 6.45) is 0. The molecule has 0 radical (unpaired) electrons. The third-order valence-electron chi connectivity index (χ3n) is 3.64. The smallest absolute Gasteiger partial charge is 0.328 e. The van der Waals surface area contributed by atoms with E-state index in [-0.39, 0.29) is 15.4 Å². The van der Waals surface area contributed by atoms with Crippen LogP contribution in [-0.2, 0) is 14.3 Å². The van der Waals surface area contributed by atoms with Gasteiger partial charge in [0, 0.05) is 9.69 Å². The number of aromatic nitrogens is 1. The van der Waals surface area contributed by atoms with Crippen LogP contribution in [0.25, 0.3) is 5.57 Å². The van der Waals surface area contributed by atoms with Gasteiger partial charge in [0.25, 0.3) is 5.91 Å². The Morgan fingerprint density at radius 1 is 1.50 bits per heavy atom. The molecule has 0 fully saturated rings. The fourth-order valence-electron chi connectivity index (χ4n) is 2.46. The first-order chi connectivity index (χ1) is 11.3. The zero-order valence-electron chi connectivity index (χ0n) is 12.6. The van der Waals surface area contributed by atoms with E-state index in [4.69, 9.17) is 17.0 Å². The quantitative estimate of drug-likeness (QED) is 0.598. The van der Waals surface area contributed by atoms with Crippen molar-refractivity contribution in [2.75, 3.05) is 7.11 Å². The Balaban J connectivity index is 2.28. The Kier molecular flexibility index (Phi) is 4.41. The summed E-state index contributed by atoms with van der Waals surface area (Å²) in [4.78, 5) is 28.4. The molecule has 0 spiro atoms. The van der Waals surface area contributed by atoms with Crippen LogP contribution >= 0.6 is 39.5 Å². The molecule has 9 heteroatoms. The minimum atomic E-state index is -0.802. The van der Waals surface area contributed by atoms with Crippen molar-refractivity contribution < 1.29 is 19.4 Å². The van der Waals surface area contributed by atoms with Crippen molar-refractivity contribution in [1.29, 1.82) is 0 Å². The Morgan fingerprint density at radius 2 is 2.21 bits per heavy atom. The lowest BCUT2D eigenvalue weighted by Crippen LogP contribution is -2.23. The second kappa shape index (κ2) is 6.23. The molecule has 1 amide bonds. The van der Waals surface area contributed by atoms with Crippen LogP contribution in [0.4, 0.5) is 0 Å². The van der Waals surface area contributed by atoms with E-state index in [9.17, 15) is 14.7 Å². The van der Waals surface area contributed by atoms with Gasteiger partial charge in [-0.1, -0.05) is 15.9 Å². The molecule has 1 N–H and O–H groups in total. The second-order valence-electron chi connectivity index (χ2n) is 5.04. The summed E-state index contributed by atoms with van der Waals surface area (Å²) in [5.41, 5.74) is 0.274. The molecule has 0 bridgehead atoms. The summed E-state index contributed by atoms with van der Waals surface area (Å²) in [5.74, 6) is -1.23. The number of carbonyl (C=O) groups excluding carboxylic acids is 2. The Hall–Kier alpha value is -1.84. The van der Waals surface area contributed by atoms with Crippen LogP contribution in [-0.4, -0.2) is 28.7 Å². The van der Waals surface area contributed by atoms with Gasteiger partial charge in [-0.2, -0.15) is 0 Å². The first-order valence-electron chi connectivity index (χ1n) is 6.80. The monoisotopic (exact) mass is 426 g/mol. The van der Waals surface area contributed by atoms with Crippen molar-refractivity contribution in [2.45, 2.75) is 13.0 Å². The highest BCUT2D eigenvalue weighted by molar-refractivity contribution is 9.10. The van der Waals surface area contributed by atoms with Crippen molar-refractivity contribution in [3.05, 3.63) is 42.1 Å². The van der Waals surface area contributed by atoms with Crippen LogP contribution < -0.4 is 10.6 Å². The molecule has 124 valence electrons. The van der Waals surface area contributed by atoms with Gasteiger partial charge in [0.2, 0.25) is 5.88 Å². The highest BCUT2D eigenvalue weighted by Gasteiger charge is 2.28. The minimum absolute atomic E-state index is 0.241. The number of benzene rings is 1. The molecule has 0 aliphatic carbocycles. The lowest BCUT2D eigenvalue weighted by atomic mass is 10.1. The van der Waals surface area contributed by atoms with Gasteiger partial charge in [0.05, 0.1) is 18.0 Å². The molecule has 1 atom stereocenters. The Bertz CT molecular complexity index is 1050. The van der Waals surface area contributed by atoms with Crippen LogP contribution in [0.15, 0.2) is 27.7 Å². The number of thiazole rings is 1. The zero-order chi connectivity index (χ0) is 17.6. The van der Waals surface area contributed by atoms with Crippen molar-refractivity contribution >= 4 is 56.9 Å². The van der Waals surface area contributed by atoms with Gasteiger partial charge in [-0.25, -0.2) is 9.79 Å². The molecule has 3 rings (SSSR count). The number of fused-ring (bicyclic) bond motifs is 1. The molecule has 1 aliphatic rings. The maximum atomic E-state index is 12.3. The van der Waals surface area contributed by atoms with E-state index in [1.54, 1.807) is 25.1 Å². The Labute approximate surface area is 153 Å². The molecule has 2 heterocycles. The number of hydrogen-bond acceptors (Lipinski definition) is 6. The van der Waals surface area contributed by atoms with E-state index in [2.05, 4.69) is 20.9 Å². The van der Waals surface area contributed by atoms with Crippen molar-refractivity contribution in [1.82, 2.24) is 4.57 Å². The van der Waals surface area contributed by atoms with Gasteiger partial charge in [-0.15, -0.1) is 11.3 Å². The highest BCUT2D eigenvalue weighted by atomic mass is 79.9. The summed E-state index contributed by atoms with van der Waals surface area (Å²) < 4.78 is 7.02. The standard InChI is InChI=1S/C15H11BrN2O4S2/c1-6(14(21)22-2)18-13(20)11(24-15(18)23)10-8-5-7(16)3-4-9(8)17-12(10)19/h3-6,20H,1-2H3. The number of hydrogen-bond donors (Lipinski definition) is 1. The zero-order valence-corrected chi connectivity index (χ0v) is 15.8. The van der Waals surface area contributed by atoms with E-state index in [1.165, 1.54) is 11.7 Å². The van der Waals surface area contributed by atoms with E-state index >= 15 is 0 Å². The summed E-state index contributed by atoms with van der Waals surface area (Å²) in [7, 11) is 1.26. The lowest BCUT2D eigenvalue weighted by Gasteiger charge is -2.12. The lowest BCUT2D eigenvalue weighted by molar-refractivity contribution is -0.144. The number of rotatable bonds is 3. The van der Waals surface area contributed by atoms with Crippen LogP contribution in [0.5, 0.6) is 5.88 Å². The summed E-state index contributed by atoms with van der Waals surface area (Å²) in [5, 5.41) is 11.7. The van der Waals surface area contributed by atoms with E-state index < -0.39 is 17.9 Å². The molecule has 1 unspecified atom stereocenters. The highest BCUT2D eigenvalue weighted by Crippen LogP contribution is 2.35. The van der Waals surface area contributed by atoms with Crippen LogP contribution in [0, 0.1) is 3.95 Å². The SMILES string of the molecule is COC(=O)C(C)n1c(O)c(C2=c3cc(Br)ccc3=NC2=O)sc1=S. The van der Waals surface area contributed by atoms with Gasteiger partial charge in [-0.3, -0.25) is 9.36 Å². The van der Waals surface area contributed by atoms with Gasteiger partial charge < -0.3 is 9.84 Å². The number of aromatic hydroxyl groups is 1. The molecule has 0 saturated carbocycles. The molecular weight excluding hydrogens is 416 g/mol. The number of ether oxygens (including phenoxy) is 1. The topological polar surface area (TPSA) is 80.9 Å². The molecule has 24 heavy (non-hydrogen) atoms. The van der Waals surface area contributed by atoms with Crippen molar-refractivity contribution in [2.24, 2.45) is 4.99 Å². The van der Waals surface area contributed by atoms with Crippen LogP contribution in [0.3, 0.4) is 0 Å². The van der Waals surface area contributed by atoms with E-state index in [0.29, 0.717) is 15.5 Å². The molecule has 0 saturated heterocycles. The average Bonchev–Trinajstić information content (AvgIpc) is 3.01. The van der Waals surface area contributed by atoms with Crippen molar-refractivity contribution in [3.63, 3.8) is 0 Å². The first-order valence-corrected chi connectivity index (χ1v) is 8.82. The summed E-state index contributed by atoms with van der Waals surface area (Å²) in [6.45, 7) is 1.56. The number of carbonyl (C=O) groups is 2. The number of esters is 1. The molecule has 1 aromatic heterocycles. The predicted molar refractivity (Wildman–Crippen MR) is 94.0 cm³/mol. The molecule has 1 aromatic carbocycles. The average molecular weight is 427 g/mol. The van der Waals surface area contributed by atoms with Gasteiger partial charge in [0.1, 0.15) is 10.9 Å². The maximum Gasteiger partial charge on any atom is 0.328 e. The summed E-state index contributed by atoms with van der Waals surface area (Å²) in [6, 6.07) is 4.46. The normalized spacial score (nSPS) is 14.3. The fourth-order valence-corrected chi connectivity index (χ4v) is 4.33. The van der Waals surface area contributed by atoms with Crippen molar-refractivity contribution in [3.8, 4) is 5.88 Å². The van der Waals surface area contributed by atoms with E-state index in [1.807, 2.05) is 0 Å². The van der Waals surface area contributed by atoms with Gasteiger partial charge in [0.15, 0.2) is 3.95 Å². The van der Waals surface area contributed by atoms with E-state index in [0.717, 1.165) is 15.8 Å². The second-order valence-corrected chi connectivity index (χ2v) is 7.60. The van der Waals surface area contributed by atoms with Gasteiger partial charge >= 0.3 is 5.97 Å². The predicted octanol–water partition coefficient (Wildman–Crippen LogP) is 1.84. The number of amides is 1. The number of halogens is 1. The number of nitrogens with zero attached hydrogens (tertiary/aromatic N) is 2. The summed E-state index contributed by atoms with van der Waals surface area (Å²) >= 11 is 9.67. The van der Waals surface area contributed by atoms with Crippen LogP contribution in [0.2, 0.25) is 0 Å². The van der Waals surface area contributed by atoms with Gasteiger partial charge in [-0.05, 0) is 37.3 Å². The number of methoxy groups -OCH3 is 1. The van der Waals surface area contributed by atoms with Crippen LogP contribution in [0.1, 0.15) is 17.8 Å². The largest absolute Gasteiger partial charge is 0.493 e. The molecular formula is C15H11BrN2O4S2. The third-order valence-corrected chi connectivity index (χ3v) is 5.54. The fraction of sp³-hybridized carbons (Fsp3) is 0.200. The molecule has 1 aliphatic heterocycles. The molecule has 6 nitrogen and oxygen atoms in total. The molecule has 2 aromatic rings. The Morgan fingerprint density at radius 3 is 2.88 bits per heavy atom. The minimum Gasteiger partial charge on any atom is -0.493 e. The third kappa shape index (κ3) is 2.62. The maximum absolute atomic E-state index is 12.3.